The van der Waals surface area contributed by atoms with Crippen LogP contribution in [-0.2, 0) is 13.3 Å². The average Bonchev–Trinajstić information content (AvgIpc) is 2.83. The number of hydrogen-bond donors (Lipinski definition) is 2. The topological polar surface area (TPSA) is 79.7 Å². The molecule has 9 heteroatoms. The maximum atomic E-state index is 7.34. The Kier molecular flexibility index (Phi) is 15.0. The fourth-order valence-electron chi connectivity index (χ4n) is 5.69. The predicted octanol–water partition coefficient (Wildman–Crippen LogP) is 7.74. The lowest BCUT2D eigenvalue weighted by atomic mass is 10.00. The molecule has 0 saturated heterocycles. The Balaban J connectivity index is 6.11. The molecule has 0 aromatic carbocycles. The van der Waals surface area contributed by atoms with E-state index in [1.54, 1.807) is 0 Å². The zero-order valence-corrected chi connectivity index (χ0v) is 31.2. The van der Waals surface area contributed by atoms with E-state index in [1.165, 1.54) is 6.04 Å². The summed E-state index contributed by atoms with van der Waals surface area (Å²) in [5, 5.41) is -0.0757. The van der Waals surface area contributed by atoms with Crippen molar-refractivity contribution in [2.75, 3.05) is 13.1 Å². The summed E-state index contributed by atoms with van der Waals surface area (Å²) in [6, 6.07) is 2.28. The maximum absolute atomic E-state index is 7.34. The summed E-state index contributed by atoms with van der Waals surface area (Å²) in [7, 11) is -8.09. The third-order valence-electron chi connectivity index (χ3n) is 9.57. The van der Waals surface area contributed by atoms with Gasteiger partial charge in [-0.3, -0.25) is 0 Å². The van der Waals surface area contributed by atoms with Gasteiger partial charge in [-0.05, 0) is 97.8 Å². The molecule has 0 aliphatic carbocycles. The normalized spacial score (nSPS) is 20.0. The highest BCUT2D eigenvalue weighted by atomic mass is 28.4. The molecule has 0 aromatic heterocycles. The fourth-order valence-corrected chi connectivity index (χ4v) is 20.1. The first-order valence-electron chi connectivity index (χ1n) is 14.9. The van der Waals surface area contributed by atoms with Gasteiger partial charge < -0.3 is 24.7 Å². The van der Waals surface area contributed by atoms with E-state index in [1.807, 2.05) is 0 Å². The van der Waals surface area contributed by atoms with Crippen LogP contribution in [0.1, 0.15) is 73.6 Å². The second-order valence-electron chi connectivity index (χ2n) is 13.6. The molecule has 0 aromatic rings. The maximum Gasteiger partial charge on any atom is 0.241 e. The first kappa shape index (κ1) is 37.4. The average molecular weight is 591 g/mol. The van der Waals surface area contributed by atoms with Crippen LogP contribution >= 0.6 is 0 Å². The zero-order valence-electron chi connectivity index (χ0n) is 27.2. The molecule has 0 fully saturated rings. The van der Waals surface area contributed by atoms with Gasteiger partial charge in [-0.25, -0.2) is 0 Å². The van der Waals surface area contributed by atoms with Gasteiger partial charge in [0.05, 0.1) is 19.4 Å². The molecule has 0 bridgehead atoms. The van der Waals surface area contributed by atoms with Gasteiger partial charge in [0, 0.05) is 10.8 Å². The van der Waals surface area contributed by atoms with Gasteiger partial charge in [-0.2, -0.15) is 0 Å². The van der Waals surface area contributed by atoms with Gasteiger partial charge in [0.2, 0.25) is 8.32 Å². The molecule has 0 aliphatic rings. The van der Waals surface area contributed by atoms with E-state index in [9.17, 15) is 0 Å². The van der Waals surface area contributed by atoms with E-state index in [-0.39, 0.29) is 16.6 Å². The summed E-state index contributed by atoms with van der Waals surface area (Å²) in [4.78, 5) is 0. The van der Waals surface area contributed by atoms with E-state index >= 15 is 0 Å². The molecular weight excluding hydrogens is 525 g/mol. The van der Waals surface area contributed by atoms with Crippen molar-refractivity contribution in [3.05, 3.63) is 12.3 Å². The summed E-state index contributed by atoms with van der Waals surface area (Å²) >= 11 is 0. The highest BCUT2D eigenvalue weighted by molar-refractivity contribution is 6.82. The molecule has 222 valence electrons. The Hall–Kier alpha value is 0.408. The van der Waals surface area contributed by atoms with Crippen LogP contribution in [0.3, 0.4) is 0 Å². The van der Waals surface area contributed by atoms with Crippen LogP contribution in [0.25, 0.3) is 0 Å². The molecule has 5 atom stereocenters. The van der Waals surface area contributed by atoms with E-state index in [2.05, 4.69) is 99.6 Å². The van der Waals surface area contributed by atoms with Gasteiger partial charge >= 0.3 is 0 Å². The van der Waals surface area contributed by atoms with Crippen molar-refractivity contribution >= 4 is 33.0 Å². The van der Waals surface area contributed by atoms with Crippen LogP contribution in [0.15, 0.2) is 12.3 Å². The zero-order chi connectivity index (χ0) is 29.3. The Morgan fingerprint density at radius 2 is 1.35 bits per heavy atom. The minimum Gasteiger partial charge on any atom is -0.415 e. The van der Waals surface area contributed by atoms with Crippen molar-refractivity contribution < 1.29 is 13.3 Å². The molecule has 5 unspecified atom stereocenters. The molecule has 0 saturated carbocycles. The summed E-state index contributed by atoms with van der Waals surface area (Å²) in [5.74, 6) is 0. The Bertz CT molecular complexity index is 694. The van der Waals surface area contributed by atoms with Crippen LogP contribution in [0.5, 0.6) is 0 Å². The van der Waals surface area contributed by atoms with Gasteiger partial charge in [0.15, 0.2) is 16.6 Å². The minimum atomic E-state index is -2.41. The van der Waals surface area contributed by atoms with Gasteiger partial charge in [-0.15, -0.1) is 6.58 Å². The quantitative estimate of drug-likeness (QED) is 0.142. The largest absolute Gasteiger partial charge is 0.415 e. The molecule has 0 amide bonds. The van der Waals surface area contributed by atoms with Crippen LogP contribution in [-0.4, -0.2) is 62.7 Å². The molecule has 0 heterocycles. The Labute approximate surface area is 236 Å². The van der Waals surface area contributed by atoms with Crippen LogP contribution in [0.4, 0.5) is 0 Å². The lowest BCUT2D eigenvalue weighted by Crippen LogP contribution is -2.63. The van der Waals surface area contributed by atoms with Crippen molar-refractivity contribution in [2.45, 2.75) is 154 Å². The van der Waals surface area contributed by atoms with Crippen molar-refractivity contribution in [3.63, 3.8) is 0 Å². The molecule has 0 spiro atoms. The molecular formula is C28H66N2O3Si4. The Morgan fingerprint density at radius 3 is 1.76 bits per heavy atom. The minimum absolute atomic E-state index is 0.0757. The van der Waals surface area contributed by atoms with Gasteiger partial charge in [0.25, 0.3) is 0 Å². The molecule has 0 rings (SSSR count). The Morgan fingerprint density at radius 1 is 0.838 bits per heavy atom. The highest BCUT2D eigenvalue weighted by Gasteiger charge is 2.53. The van der Waals surface area contributed by atoms with Crippen molar-refractivity contribution in [2.24, 2.45) is 11.5 Å². The highest BCUT2D eigenvalue weighted by Crippen LogP contribution is 2.45. The second-order valence-corrected chi connectivity index (χ2v) is 31.1. The summed E-state index contributed by atoms with van der Waals surface area (Å²) in [5.41, 5.74) is 13.9. The predicted molar refractivity (Wildman–Crippen MR) is 175 cm³/mol. The second kappa shape index (κ2) is 14.9. The first-order valence-corrected chi connectivity index (χ1v) is 26.8. The van der Waals surface area contributed by atoms with E-state index < -0.39 is 33.0 Å². The number of hydrogen-bond acceptors (Lipinski definition) is 5. The molecule has 4 N–H and O–H groups in total. The monoisotopic (exact) mass is 590 g/mol. The van der Waals surface area contributed by atoms with Crippen molar-refractivity contribution in [3.8, 4) is 0 Å². The molecule has 0 aliphatic heterocycles. The molecule has 5 nitrogen and oxygen atoms in total. The van der Waals surface area contributed by atoms with E-state index in [0.717, 1.165) is 51.2 Å². The molecule has 0 radical (unpaired) electrons. The number of nitrogens with two attached hydrogens (primary N) is 2. The van der Waals surface area contributed by atoms with Crippen molar-refractivity contribution in [1.82, 2.24) is 0 Å². The van der Waals surface area contributed by atoms with Crippen molar-refractivity contribution in [1.29, 1.82) is 0 Å². The summed E-state index contributed by atoms with van der Waals surface area (Å²) < 4.78 is 21.6. The van der Waals surface area contributed by atoms with Crippen LogP contribution in [0.2, 0.25) is 63.5 Å². The third kappa shape index (κ3) is 10.1. The molecule has 37 heavy (non-hydrogen) atoms. The fraction of sp³-hybridized carbons (Fsp3) is 0.929. The third-order valence-corrected chi connectivity index (χ3v) is 24.6. The van der Waals surface area contributed by atoms with Crippen LogP contribution < -0.4 is 11.5 Å². The first-order chi connectivity index (χ1) is 16.8. The SMILES string of the molecule is C=C[Si](C)(OC(C)(CC)C(C)[Si](C)(C)OC(C)(CC)[Si](C)(C)CCCN)C(CC)O[Si](C)(C)CCCN. The number of rotatable bonds is 20. The van der Waals surface area contributed by atoms with Crippen LogP contribution in [0, 0.1) is 0 Å². The lowest BCUT2D eigenvalue weighted by Gasteiger charge is -2.53. The summed E-state index contributed by atoms with van der Waals surface area (Å²) in [6.45, 7) is 36.3. The smallest absolute Gasteiger partial charge is 0.241 e. The van der Waals surface area contributed by atoms with E-state index in [0.29, 0.717) is 5.54 Å². The summed E-state index contributed by atoms with van der Waals surface area (Å²) in [6.07, 6.45) is 5.01. The van der Waals surface area contributed by atoms with E-state index in [4.69, 9.17) is 24.7 Å². The van der Waals surface area contributed by atoms with Gasteiger partial charge in [0.1, 0.15) is 0 Å². The lowest BCUT2D eigenvalue weighted by molar-refractivity contribution is 0.0422. The standard InChI is InChI=1S/C28H66N2O3Si4/c1-15-26(31-35(10,11)24-20-22-30)37(14,18-4)32-27(6,16-2)25(5)36(12,13)33-28(7,17-3)34(8,9)23-19-21-29/h18,25-26H,4,15-17,19-24,29-30H2,1-3,5-14H3. The van der Waals surface area contributed by atoms with Gasteiger partial charge in [-0.1, -0.05) is 52.5 Å².